The Hall–Kier alpha value is -2.93. The molecule has 6 nitrogen and oxygen atoms in total. The molecule has 2 aromatic heterocycles. The second-order valence-electron chi connectivity index (χ2n) is 7.14. The van der Waals surface area contributed by atoms with E-state index < -0.39 is 11.8 Å². The van der Waals surface area contributed by atoms with Crippen LogP contribution in [-0.4, -0.2) is 11.8 Å². The minimum Gasteiger partial charge on any atom is -0.451 e. The first-order valence-corrected chi connectivity index (χ1v) is 9.97. The molecule has 28 heavy (non-hydrogen) atoms. The first kappa shape index (κ1) is 18.4. The monoisotopic (exact) mass is 396 g/mol. The first-order valence-electron chi connectivity index (χ1n) is 9.16. The van der Waals surface area contributed by atoms with E-state index in [0.717, 1.165) is 47.3 Å². The number of thiophene rings is 1. The highest BCUT2D eigenvalue weighted by atomic mass is 32.1. The number of hydrogen-bond acceptors (Lipinski definition) is 5. The quantitative estimate of drug-likeness (QED) is 0.704. The molecule has 0 fully saturated rings. The maximum absolute atomic E-state index is 12.8. The lowest BCUT2D eigenvalue weighted by Crippen LogP contribution is -2.19. The maximum atomic E-state index is 12.8. The van der Waals surface area contributed by atoms with E-state index in [1.807, 2.05) is 13.8 Å². The van der Waals surface area contributed by atoms with Gasteiger partial charge in [0.15, 0.2) is 11.2 Å². The second-order valence-corrected chi connectivity index (χ2v) is 8.25. The Morgan fingerprint density at radius 1 is 1.11 bits per heavy atom. The Morgan fingerprint density at radius 2 is 1.82 bits per heavy atom. The number of amides is 2. The maximum Gasteiger partial charge on any atom is 0.292 e. The topological polar surface area (TPSA) is 102 Å². The number of carbonyl (C=O) groups excluding carboxylic acids is 2. The van der Waals surface area contributed by atoms with Crippen LogP contribution >= 0.6 is 11.3 Å². The number of benzene rings is 1. The Labute approximate surface area is 165 Å². The Kier molecular flexibility index (Phi) is 4.55. The number of nitrogens with one attached hydrogen (secondary N) is 1. The number of carbonyl (C=O) groups is 2. The van der Waals surface area contributed by atoms with Crippen molar-refractivity contribution in [1.82, 2.24) is 0 Å². The summed E-state index contributed by atoms with van der Waals surface area (Å²) in [6.45, 7) is 3.83. The van der Waals surface area contributed by atoms with E-state index in [4.69, 9.17) is 10.2 Å². The first-order chi connectivity index (χ1) is 13.3. The average Bonchev–Trinajstić information content (AvgIpc) is 3.01. The summed E-state index contributed by atoms with van der Waals surface area (Å²) in [7, 11) is 0. The molecule has 0 saturated carbocycles. The van der Waals surface area contributed by atoms with Crippen LogP contribution in [0.15, 0.2) is 27.4 Å². The molecular formula is C21H20N2O4S. The van der Waals surface area contributed by atoms with Gasteiger partial charge in [0.1, 0.15) is 10.6 Å². The fourth-order valence-electron chi connectivity index (χ4n) is 3.60. The number of primary amides is 1. The van der Waals surface area contributed by atoms with Crippen LogP contribution in [0.1, 0.15) is 55.3 Å². The molecule has 0 aliphatic heterocycles. The van der Waals surface area contributed by atoms with Gasteiger partial charge in [0.05, 0.1) is 10.9 Å². The van der Waals surface area contributed by atoms with Crippen molar-refractivity contribution in [2.45, 2.75) is 39.5 Å². The lowest BCUT2D eigenvalue weighted by atomic mass is 9.95. The number of hydrogen-bond donors (Lipinski definition) is 2. The molecule has 2 heterocycles. The van der Waals surface area contributed by atoms with Crippen molar-refractivity contribution in [2.24, 2.45) is 5.73 Å². The van der Waals surface area contributed by atoms with Gasteiger partial charge in [0.2, 0.25) is 0 Å². The van der Waals surface area contributed by atoms with Gasteiger partial charge in [0.25, 0.3) is 11.8 Å². The Balaban J connectivity index is 1.73. The van der Waals surface area contributed by atoms with Crippen molar-refractivity contribution in [3.63, 3.8) is 0 Å². The Bertz CT molecular complexity index is 1190. The van der Waals surface area contributed by atoms with Crippen molar-refractivity contribution < 1.29 is 14.0 Å². The summed E-state index contributed by atoms with van der Waals surface area (Å²) >= 11 is 1.37. The minimum atomic E-state index is -0.571. The predicted octanol–water partition coefficient (Wildman–Crippen LogP) is 3.70. The molecule has 2 amide bonds. The normalized spacial score (nSPS) is 13.4. The highest BCUT2D eigenvalue weighted by molar-refractivity contribution is 7.17. The standard InChI is InChI=1S/C21H20N2O4S/c1-10-7-13-14(24)9-16(27-15(13)8-11(10)2)20(26)23-21-18(19(22)25)12-5-3-4-6-17(12)28-21/h7-9H,3-6H2,1-2H3,(H2,22,25)(H,23,26). The van der Waals surface area contributed by atoms with Gasteiger partial charge in [-0.05, 0) is 68.4 Å². The highest BCUT2D eigenvalue weighted by Crippen LogP contribution is 2.38. The minimum absolute atomic E-state index is 0.0949. The fourth-order valence-corrected chi connectivity index (χ4v) is 4.89. The third-order valence-corrected chi connectivity index (χ3v) is 6.42. The average molecular weight is 396 g/mol. The van der Waals surface area contributed by atoms with Gasteiger partial charge in [-0.15, -0.1) is 11.3 Å². The zero-order valence-corrected chi connectivity index (χ0v) is 16.5. The molecule has 3 aromatic rings. The SMILES string of the molecule is Cc1cc2oc(C(=O)Nc3sc4c(c3C(N)=O)CCCC4)cc(=O)c2cc1C. The van der Waals surface area contributed by atoms with Crippen LogP contribution in [-0.2, 0) is 12.8 Å². The predicted molar refractivity (Wildman–Crippen MR) is 109 cm³/mol. The molecule has 0 bridgehead atoms. The summed E-state index contributed by atoms with van der Waals surface area (Å²) in [5.41, 5.74) is 8.91. The largest absolute Gasteiger partial charge is 0.451 e. The summed E-state index contributed by atoms with van der Waals surface area (Å²) in [5, 5.41) is 3.59. The van der Waals surface area contributed by atoms with Gasteiger partial charge in [-0.3, -0.25) is 14.4 Å². The van der Waals surface area contributed by atoms with E-state index in [0.29, 0.717) is 21.5 Å². The van der Waals surface area contributed by atoms with Crippen LogP contribution in [0.5, 0.6) is 0 Å². The molecule has 0 saturated heterocycles. The molecule has 1 aliphatic rings. The van der Waals surface area contributed by atoms with E-state index in [9.17, 15) is 14.4 Å². The van der Waals surface area contributed by atoms with E-state index in [-0.39, 0.29) is 11.2 Å². The van der Waals surface area contributed by atoms with Crippen LogP contribution in [0.3, 0.4) is 0 Å². The van der Waals surface area contributed by atoms with E-state index >= 15 is 0 Å². The van der Waals surface area contributed by atoms with E-state index in [1.165, 1.54) is 17.4 Å². The molecule has 1 aliphatic carbocycles. The number of nitrogens with two attached hydrogens (primary N) is 1. The van der Waals surface area contributed by atoms with E-state index in [2.05, 4.69) is 5.32 Å². The molecule has 0 spiro atoms. The summed E-state index contributed by atoms with van der Waals surface area (Å²) in [6, 6.07) is 4.70. The number of anilines is 1. The third kappa shape index (κ3) is 3.11. The zero-order valence-electron chi connectivity index (χ0n) is 15.7. The van der Waals surface area contributed by atoms with Crippen LogP contribution in [0.2, 0.25) is 0 Å². The summed E-state index contributed by atoms with van der Waals surface area (Å²) < 4.78 is 5.69. The summed E-state index contributed by atoms with van der Waals surface area (Å²) in [6.07, 6.45) is 3.70. The van der Waals surface area contributed by atoms with Crippen molar-refractivity contribution >= 4 is 39.1 Å². The highest BCUT2D eigenvalue weighted by Gasteiger charge is 2.26. The number of aryl methyl sites for hydroxylation is 3. The van der Waals surface area contributed by atoms with Crippen molar-refractivity contribution in [3.8, 4) is 0 Å². The molecule has 3 N–H and O–H groups in total. The molecule has 7 heteroatoms. The summed E-state index contributed by atoms with van der Waals surface area (Å²) in [5.74, 6) is -1.22. The van der Waals surface area contributed by atoms with Gasteiger partial charge in [0, 0.05) is 10.9 Å². The van der Waals surface area contributed by atoms with Crippen molar-refractivity contribution in [3.05, 3.63) is 61.3 Å². The molecule has 1 aromatic carbocycles. The second kappa shape index (κ2) is 6.91. The van der Waals surface area contributed by atoms with Crippen molar-refractivity contribution in [1.29, 1.82) is 0 Å². The van der Waals surface area contributed by atoms with Gasteiger partial charge in [-0.2, -0.15) is 0 Å². The lowest BCUT2D eigenvalue weighted by molar-refractivity contribution is 0.0997. The lowest BCUT2D eigenvalue weighted by Gasteiger charge is -2.11. The number of rotatable bonds is 3. The smallest absolute Gasteiger partial charge is 0.292 e. The van der Waals surface area contributed by atoms with Gasteiger partial charge in [-0.1, -0.05) is 0 Å². The third-order valence-electron chi connectivity index (χ3n) is 5.21. The molecular weight excluding hydrogens is 376 g/mol. The van der Waals surface area contributed by atoms with Crippen LogP contribution < -0.4 is 16.5 Å². The fraction of sp³-hybridized carbons (Fsp3) is 0.286. The zero-order chi connectivity index (χ0) is 20.0. The van der Waals surface area contributed by atoms with Gasteiger partial charge < -0.3 is 15.5 Å². The Morgan fingerprint density at radius 3 is 2.57 bits per heavy atom. The van der Waals surface area contributed by atoms with Gasteiger partial charge >= 0.3 is 0 Å². The van der Waals surface area contributed by atoms with Crippen LogP contribution in [0, 0.1) is 13.8 Å². The molecule has 4 rings (SSSR count). The van der Waals surface area contributed by atoms with Crippen LogP contribution in [0.25, 0.3) is 11.0 Å². The molecule has 0 unspecified atom stereocenters. The van der Waals surface area contributed by atoms with Crippen molar-refractivity contribution in [2.75, 3.05) is 5.32 Å². The van der Waals surface area contributed by atoms with Crippen LogP contribution in [0.4, 0.5) is 5.00 Å². The molecule has 0 radical (unpaired) electrons. The summed E-state index contributed by atoms with van der Waals surface area (Å²) in [4.78, 5) is 38.3. The number of fused-ring (bicyclic) bond motifs is 2. The van der Waals surface area contributed by atoms with E-state index in [1.54, 1.807) is 12.1 Å². The molecule has 144 valence electrons. The van der Waals surface area contributed by atoms with Gasteiger partial charge in [-0.25, -0.2) is 0 Å². The molecule has 0 atom stereocenters.